The molecule has 0 unspecified atom stereocenters. The monoisotopic (exact) mass is 469 g/mol. The van der Waals surface area contributed by atoms with Gasteiger partial charge in [0.2, 0.25) is 5.43 Å². The number of aromatic nitrogens is 1. The number of carbonyl (C=O) groups excluding carboxylic acids is 2. The molecule has 1 aliphatic heterocycles. The Morgan fingerprint density at radius 3 is 2.12 bits per heavy atom. The van der Waals surface area contributed by atoms with E-state index in [0.717, 1.165) is 37.7 Å². The highest BCUT2D eigenvalue weighted by Crippen LogP contribution is 2.22. The summed E-state index contributed by atoms with van der Waals surface area (Å²) in [7, 11) is 3.11. The van der Waals surface area contributed by atoms with Crippen LogP contribution in [0.2, 0.25) is 0 Å². The second-order valence-corrected chi connectivity index (χ2v) is 8.73. The summed E-state index contributed by atoms with van der Waals surface area (Å²) >= 11 is 0. The molecule has 0 spiro atoms. The van der Waals surface area contributed by atoms with Gasteiger partial charge in [-0.05, 0) is 43.9 Å². The van der Waals surface area contributed by atoms with Crippen molar-refractivity contribution in [3.63, 3.8) is 0 Å². The van der Waals surface area contributed by atoms with Crippen LogP contribution in [0.3, 0.4) is 0 Å². The van der Waals surface area contributed by atoms with E-state index in [1.165, 1.54) is 0 Å². The molecule has 1 atom stereocenters. The second-order valence-electron chi connectivity index (χ2n) is 8.73. The maximum Gasteiger partial charge on any atom is 0.259 e. The molecule has 1 aliphatic rings. The maximum atomic E-state index is 13.3. The lowest BCUT2D eigenvalue weighted by Crippen LogP contribution is -2.38. The van der Waals surface area contributed by atoms with Crippen molar-refractivity contribution in [2.24, 2.45) is 0 Å². The van der Waals surface area contributed by atoms with Crippen LogP contribution < -0.4 is 20.2 Å². The van der Waals surface area contributed by atoms with Crippen molar-refractivity contribution >= 4 is 11.8 Å². The molecule has 2 amide bonds. The number of hydrogen-bond acceptors (Lipinski definition) is 5. The Kier molecular flexibility index (Phi) is 8.73. The van der Waals surface area contributed by atoms with Crippen LogP contribution in [0.25, 0.3) is 0 Å². The van der Waals surface area contributed by atoms with Gasteiger partial charge in [-0.3, -0.25) is 14.4 Å². The first-order valence-corrected chi connectivity index (χ1v) is 11.9. The van der Waals surface area contributed by atoms with Crippen LogP contribution in [0.4, 0.5) is 0 Å². The molecule has 2 aromatic rings. The van der Waals surface area contributed by atoms with Gasteiger partial charge in [0.25, 0.3) is 11.8 Å². The first kappa shape index (κ1) is 25.3. The summed E-state index contributed by atoms with van der Waals surface area (Å²) in [6.07, 6.45) is 7.97. The highest BCUT2D eigenvalue weighted by Gasteiger charge is 2.24. The zero-order valence-corrected chi connectivity index (χ0v) is 20.6. The van der Waals surface area contributed by atoms with Crippen molar-refractivity contribution in [2.45, 2.75) is 58.5 Å². The van der Waals surface area contributed by atoms with Crippen LogP contribution >= 0.6 is 0 Å². The van der Waals surface area contributed by atoms with E-state index < -0.39 is 11.3 Å². The Bertz CT molecular complexity index is 1050. The average molecular weight is 470 g/mol. The standard InChI is InChI=1S/C26H35N3O5/c1-5-18(2)29-16-22(24(30)23(17-29)26(32)28-10-8-6-7-9-11-28)25(31)27-15-19-12-20(33-3)14-21(13-19)34-4/h12-14,16-18H,5-11,15H2,1-4H3,(H,27,31)/t18-/m0/s1. The highest BCUT2D eigenvalue weighted by atomic mass is 16.5. The lowest BCUT2D eigenvalue weighted by molar-refractivity contribution is 0.0759. The van der Waals surface area contributed by atoms with E-state index in [1.807, 2.05) is 13.8 Å². The Balaban J connectivity index is 1.90. The number of nitrogens with one attached hydrogen (secondary N) is 1. The molecule has 1 N–H and O–H groups in total. The van der Waals surface area contributed by atoms with E-state index in [0.29, 0.717) is 24.6 Å². The van der Waals surface area contributed by atoms with Gasteiger partial charge in [0.1, 0.15) is 22.6 Å². The van der Waals surface area contributed by atoms with Gasteiger partial charge in [0.15, 0.2) is 0 Å². The number of likely N-dealkylation sites (tertiary alicyclic amines) is 1. The normalized spacial score (nSPS) is 14.8. The first-order chi connectivity index (χ1) is 16.4. The third kappa shape index (κ3) is 5.98. The highest BCUT2D eigenvalue weighted by molar-refractivity contribution is 5.99. The van der Waals surface area contributed by atoms with Crippen molar-refractivity contribution in [3.05, 3.63) is 57.5 Å². The predicted octanol–water partition coefficient (Wildman–Crippen LogP) is 3.78. The van der Waals surface area contributed by atoms with Crippen LogP contribution in [0.15, 0.2) is 35.4 Å². The van der Waals surface area contributed by atoms with E-state index in [2.05, 4.69) is 5.32 Å². The quantitative estimate of drug-likeness (QED) is 0.635. The summed E-state index contributed by atoms with van der Waals surface area (Å²) < 4.78 is 12.4. The minimum Gasteiger partial charge on any atom is -0.497 e. The van der Waals surface area contributed by atoms with Gasteiger partial charge in [-0.2, -0.15) is 0 Å². The van der Waals surface area contributed by atoms with Crippen molar-refractivity contribution in [3.8, 4) is 11.5 Å². The summed E-state index contributed by atoms with van der Waals surface area (Å²) in [6, 6.07) is 5.36. The number of ether oxygens (including phenoxy) is 2. The van der Waals surface area contributed by atoms with Crippen LogP contribution in [0.5, 0.6) is 11.5 Å². The molecule has 1 saturated heterocycles. The van der Waals surface area contributed by atoms with Gasteiger partial charge in [0.05, 0.1) is 14.2 Å². The minimum absolute atomic E-state index is 0.0316. The first-order valence-electron chi connectivity index (χ1n) is 11.9. The second kappa shape index (κ2) is 11.7. The van der Waals surface area contributed by atoms with Crippen LogP contribution in [-0.4, -0.2) is 48.6 Å². The fraction of sp³-hybridized carbons (Fsp3) is 0.500. The number of amides is 2. The number of nitrogens with zero attached hydrogens (tertiary/aromatic N) is 2. The molecule has 34 heavy (non-hydrogen) atoms. The molecule has 2 heterocycles. The largest absolute Gasteiger partial charge is 0.497 e. The van der Waals surface area contributed by atoms with E-state index >= 15 is 0 Å². The minimum atomic E-state index is -0.533. The van der Waals surface area contributed by atoms with Crippen LogP contribution in [-0.2, 0) is 6.54 Å². The molecule has 1 fully saturated rings. The molecular formula is C26H35N3O5. The fourth-order valence-electron chi connectivity index (χ4n) is 4.07. The van der Waals surface area contributed by atoms with Gasteiger partial charge in [0, 0.05) is 44.1 Å². The Labute approximate surface area is 200 Å². The van der Waals surface area contributed by atoms with E-state index in [1.54, 1.807) is 54.3 Å². The number of rotatable bonds is 8. The number of hydrogen-bond donors (Lipinski definition) is 1. The Hall–Kier alpha value is -3.29. The molecule has 3 rings (SSSR count). The summed E-state index contributed by atoms with van der Waals surface area (Å²) in [5.41, 5.74) is 0.256. The number of carbonyl (C=O) groups is 2. The summed E-state index contributed by atoms with van der Waals surface area (Å²) in [4.78, 5) is 41.4. The smallest absolute Gasteiger partial charge is 0.259 e. The molecule has 1 aromatic carbocycles. The van der Waals surface area contributed by atoms with Crippen molar-refractivity contribution in [1.82, 2.24) is 14.8 Å². The van der Waals surface area contributed by atoms with Crippen molar-refractivity contribution in [1.29, 1.82) is 0 Å². The van der Waals surface area contributed by atoms with Gasteiger partial charge >= 0.3 is 0 Å². The number of benzene rings is 1. The summed E-state index contributed by atoms with van der Waals surface area (Å²) in [6.45, 7) is 5.47. The average Bonchev–Trinajstić information content (AvgIpc) is 3.16. The third-order valence-electron chi connectivity index (χ3n) is 6.38. The predicted molar refractivity (Wildman–Crippen MR) is 131 cm³/mol. The van der Waals surface area contributed by atoms with Crippen molar-refractivity contribution in [2.75, 3.05) is 27.3 Å². The van der Waals surface area contributed by atoms with Crippen molar-refractivity contribution < 1.29 is 19.1 Å². The van der Waals surface area contributed by atoms with Gasteiger partial charge in [-0.15, -0.1) is 0 Å². The zero-order valence-electron chi connectivity index (χ0n) is 20.6. The molecule has 0 aliphatic carbocycles. The van der Waals surface area contributed by atoms with Crippen LogP contribution in [0, 0.1) is 0 Å². The summed E-state index contributed by atoms with van der Waals surface area (Å²) in [5.74, 6) is 0.394. The van der Waals surface area contributed by atoms with Gasteiger partial charge in [-0.25, -0.2) is 0 Å². The Morgan fingerprint density at radius 2 is 1.56 bits per heavy atom. The zero-order chi connectivity index (χ0) is 24.7. The van der Waals surface area contributed by atoms with E-state index in [4.69, 9.17) is 9.47 Å². The fourth-order valence-corrected chi connectivity index (χ4v) is 4.07. The topological polar surface area (TPSA) is 89.9 Å². The molecule has 0 radical (unpaired) electrons. The summed E-state index contributed by atoms with van der Waals surface area (Å²) in [5, 5.41) is 2.81. The van der Waals surface area contributed by atoms with Gasteiger partial charge in [-0.1, -0.05) is 19.8 Å². The van der Waals surface area contributed by atoms with E-state index in [9.17, 15) is 14.4 Å². The molecule has 8 heteroatoms. The molecule has 1 aromatic heterocycles. The lowest BCUT2D eigenvalue weighted by Gasteiger charge is -2.22. The number of pyridine rings is 1. The number of methoxy groups -OCH3 is 2. The molecule has 0 saturated carbocycles. The maximum absolute atomic E-state index is 13.3. The third-order valence-corrected chi connectivity index (χ3v) is 6.38. The molecular weight excluding hydrogens is 434 g/mol. The molecule has 8 nitrogen and oxygen atoms in total. The van der Waals surface area contributed by atoms with Crippen LogP contribution in [0.1, 0.15) is 78.3 Å². The SMILES string of the molecule is CC[C@H](C)n1cc(C(=O)NCc2cc(OC)cc(OC)c2)c(=O)c(C(=O)N2CCCCCC2)c1. The lowest BCUT2D eigenvalue weighted by atomic mass is 10.1. The van der Waals surface area contributed by atoms with E-state index in [-0.39, 0.29) is 29.6 Å². The molecule has 184 valence electrons. The Morgan fingerprint density at radius 1 is 0.971 bits per heavy atom. The van der Waals surface area contributed by atoms with Gasteiger partial charge < -0.3 is 24.3 Å². The molecule has 0 bridgehead atoms.